The number of benzene rings is 2. The summed E-state index contributed by atoms with van der Waals surface area (Å²) in [6.45, 7) is 3.41. The third-order valence-electron chi connectivity index (χ3n) is 6.92. The summed E-state index contributed by atoms with van der Waals surface area (Å²) >= 11 is 0. The van der Waals surface area contributed by atoms with Crippen LogP contribution in [0.3, 0.4) is 0 Å². The van der Waals surface area contributed by atoms with Crippen LogP contribution in [0.5, 0.6) is 23.0 Å². The summed E-state index contributed by atoms with van der Waals surface area (Å²) in [5, 5.41) is 42.3. The second-order valence-electron chi connectivity index (χ2n) is 10.0. The summed E-state index contributed by atoms with van der Waals surface area (Å²) in [6, 6.07) is 8.38. The normalized spacial score (nSPS) is 16.6. The van der Waals surface area contributed by atoms with Crippen molar-refractivity contribution in [2.24, 2.45) is 4.99 Å². The van der Waals surface area contributed by atoms with E-state index in [4.69, 9.17) is 4.74 Å². The van der Waals surface area contributed by atoms with Gasteiger partial charge in [0.1, 0.15) is 12.1 Å². The summed E-state index contributed by atoms with van der Waals surface area (Å²) in [4.78, 5) is 29.2. The van der Waals surface area contributed by atoms with E-state index in [-0.39, 0.29) is 51.6 Å². The van der Waals surface area contributed by atoms with Crippen molar-refractivity contribution in [1.29, 1.82) is 0 Å². The molecule has 39 heavy (non-hydrogen) atoms. The SMILES string of the molecule is CC1OC(c2cccc(O)c2O)=N[C@@H]1C(=O)CCCCCCCCCNCCCC(=O)c1cccc(O)c1O. The third-order valence-corrected chi connectivity index (χ3v) is 6.92. The molecule has 212 valence electrons. The highest BCUT2D eigenvalue weighted by Gasteiger charge is 2.34. The van der Waals surface area contributed by atoms with Crippen molar-refractivity contribution < 1.29 is 34.8 Å². The summed E-state index contributed by atoms with van der Waals surface area (Å²) in [5.41, 5.74) is 0.448. The zero-order valence-electron chi connectivity index (χ0n) is 22.6. The predicted octanol–water partition coefficient (Wildman–Crippen LogP) is 4.99. The van der Waals surface area contributed by atoms with Gasteiger partial charge in [0, 0.05) is 12.8 Å². The lowest BCUT2D eigenvalue weighted by Gasteiger charge is -2.12. The molecular weight excluding hydrogens is 500 g/mol. The average molecular weight is 541 g/mol. The van der Waals surface area contributed by atoms with Crippen molar-refractivity contribution in [1.82, 2.24) is 5.32 Å². The molecule has 0 saturated heterocycles. The van der Waals surface area contributed by atoms with Gasteiger partial charge in [-0.3, -0.25) is 9.59 Å². The largest absolute Gasteiger partial charge is 0.504 e. The quantitative estimate of drug-likeness (QED) is 0.107. The molecule has 1 aliphatic rings. The number of rotatable bonds is 17. The molecular formula is C30H40N2O7. The molecule has 0 amide bonds. The number of phenolic OH excluding ortho intramolecular Hbond substituents is 4. The molecule has 0 fully saturated rings. The summed E-state index contributed by atoms with van der Waals surface area (Å²) < 4.78 is 5.69. The van der Waals surface area contributed by atoms with E-state index in [2.05, 4.69) is 10.3 Å². The van der Waals surface area contributed by atoms with E-state index in [1.165, 1.54) is 18.2 Å². The van der Waals surface area contributed by atoms with Crippen LogP contribution in [0.4, 0.5) is 0 Å². The number of para-hydroxylation sites is 2. The van der Waals surface area contributed by atoms with Crippen LogP contribution in [0.15, 0.2) is 41.4 Å². The number of hydrogen-bond donors (Lipinski definition) is 5. The Morgan fingerprint density at radius 2 is 1.41 bits per heavy atom. The van der Waals surface area contributed by atoms with Crippen LogP contribution in [-0.4, -0.2) is 63.1 Å². The number of ether oxygens (including phenoxy) is 1. The Bertz CT molecular complexity index is 1150. The van der Waals surface area contributed by atoms with Crippen molar-refractivity contribution in [3.8, 4) is 23.0 Å². The fraction of sp³-hybridized carbons (Fsp3) is 0.500. The minimum Gasteiger partial charge on any atom is -0.504 e. The van der Waals surface area contributed by atoms with Crippen LogP contribution < -0.4 is 5.32 Å². The minimum atomic E-state index is -0.591. The Hall–Kier alpha value is -3.59. The van der Waals surface area contributed by atoms with Gasteiger partial charge in [-0.2, -0.15) is 0 Å². The molecule has 1 unspecified atom stereocenters. The topological polar surface area (TPSA) is 149 Å². The third kappa shape index (κ3) is 8.71. The number of nitrogens with one attached hydrogen (secondary N) is 1. The van der Waals surface area contributed by atoms with E-state index >= 15 is 0 Å². The lowest BCUT2D eigenvalue weighted by molar-refractivity contribution is -0.121. The second kappa shape index (κ2) is 15.1. The number of phenols is 4. The van der Waals surface area contributed by atoms with Crippen molar-refractivity contribution in [3.63, 3.8) is 0 Å². The van der Waals surface area contributed by atoms with Crippen LogP contribution in [0.25, 0.3) is 0 Å². The number of Topliss-reactive ketones (excluding diaryl/α,β-unsaturated/α-hetero) is 2. The van der Waals surface area contributed by atoms with E-state index in [1.54, 1.807) is 25.1 Å². The molecule has 0 aromatic heterocycles. The molecule has 2 aromatic carbocycles. The van der Waals surface area contributed by atoms with Gasteiger partial charge in [-0.15, -0.1) is 0 Å². The van der Waals surface area contributed by atoms with E-state index in [9.17, 15) is 30.0 Å². The monoisotopic (exact) mass is 540 g/mol. The summed E-state index contributed by atoms with van der Waals surface area (Å²) in [5.74, 6) is -1.14. The highest BCUT2D eigenvalue weighted by molar-refractivity contribution is 6.01. The van der Waals surface area contributed by atoms with Gasteiger partial charge in [-0.25, -0.2) is 4.99 Å². The highest BCUT2D eigenvalue weighted by atomic mass is 16.5. The molecule has 0 spiro atoms. The molecule has 5 N–H and O–H groups in total. The lowest BCUT2D eigenvalue weighted by atomic mass is 10.0. The number of unbranched alkanes of at least 4 members (excludes halogenated alkanes) is 6. The molecule has 9 nitrogen and oxygen atoms in total. The van der Waals surface area contributed by atoms with Gasteiger partial charge in [-0.05, 0) is 63.5 Å². The molecule has 9 heteroatoms. The van der Waals surface area contributed by atoms with Gasteiger partial charge in [0.15, 0.2) is 34.6 Å². The lowest BCUT2D eigenvalue weighted by Crippen LogP contribution is -2.27. The van der Waals surface area contributed by atoms with E-state index in [0.717, 1.165) is 58.0 Å². The number of carbonyl (C=O) groups excluding carboxylic acids is 2. The van der Waals surface area contributed by atoms with E-state index < -0.39 is 12.1 Å². The molecule has 2 aromatic rings. The fourth-order valence-electron chi connectivity index (χ4n) is 4.64. The second-order valence-corrected chi connectivity index (χ2v) is 10.0. The highest BCUT2D eigenvalue weighted by Crippen LogP contribution is 2.32. The van der Waals surface area contributed by atoms with Gasteiger partial charge in [-0.1, -0.05) is 44.2 Å². The molecule has 1 heterocycles. The number of nitrogens with zero attached hydrogens (tertiary/aromatic N) is 1. The van der Waals surface area contributed by atoms with Crippen molar-refractivity contribution >= 4 is 17.5 Å². The van der Waals surface area contributed by atoms with Crippen LogP contribution in [0, 0.1) is 0 Å². The first-order valence-electron chi connectivity index (χ1n) is 13.8. The maximum Gasteiger partial charge on any atom is 0.221 e. The average Bonchev–Trinajstić information content (AvgIpc) is 3.31. The minimum absolute atomic E-state index is 0.0311. The first kappa shape index (κ1) is 30.0. The van der Waals surface area contributed by atoms with Gasteiger partial charge < -0.3 is 30.5 Å². The van der Waals surface area contributed by atoms with Crippen LogP contribution in [0.1, 0.15) is 87.1 Å². The van der Waals surface area contributed by atoms with Crippen LogP contribution >= 0.6 is 0 Å². The molecule has 0 saturated carbocycles. The number of aromatic hydroxyl groups is 4. The smallest absolute Gasteiger partial charge is 0.221 e. The zero-order chi connectivity index (χ0) is 28.2. The zero-order valence-corrected chi connectivity index (χ0v) is 22.6. The van der Waals surface area contributed by atoms with Crippen LogP contribution in [0.2, 0.25) is 0 Å². The Morgan fingerprint density at radius 3 is 2.15 bits per heavy atom. The number of ketones is 2. The Morgan fingerprint density at radius 1 is 0.795 bits per heavy atom. The van der Waals surface area contributed by atoms with Crippen molar-refractivity contribution in [3.05, 3.63) is 47.5 Å². The number of aliphatic imine (C=N–C) groups is 1. The summed E-state index contributed by atoms with van der Waals surface area (Å²) in [6.07, 6.45) is 8.34. The van der Waals surface area contributed by atoms with Gasteiger partial charge in [0.25, 0.3) is 0 Å². The van der Waals surface area contributed by atoms with Gasteiger partial charge in [0.05, 0.1) is 11.1 Å². The van der Waals surface area contributed by atoms with Crippen molar-refractivity contribution in [2.45, 2.75) is 83.3 Å². The predicted molar refractivity (Wildman–Crippen MR) is 149 cm³/mol. The molecule has 0 aliphatic carbocycles. The first-order chi connectivity index (χ1) is 18.8. The van der Waals surface area contributed by atoms with Gasteiger partial charge >= 0.3 is 0 Å². The van der Waals surface area contributed by atoms with Crippen LogP contribution in [-0.2, 0) is 9.53 Å². The van der Waals surface area contributed by atoms with E-state index in [0.29, 0.717) is 19.3 Å². The Labute approximate surface area is 229 Å². The van der Waals surface area contributed by atoms with Crippen molar-refractivity contribution in [2.75, 3.05) is 13.1 Å². The molecule has 2 atom stereocenters. The Kier molecular flexibility index (Phi) is 11.6. The molecule has 0 bridgehead atoms. The maximum absolute atomic E-state index is 12.7. The van der Waals surface area contributed by atoms with E-state index in [1.807, 2.05) is 0 Å². The molecule has 1 aliphatic heterocycles. The summed E-state index contributed by atoms with van der Waals surface area (Å²) in [7, 11) is 0. The molecule has 3 rings (SSSR count). The standard InChI is InChI=1S/C30H40N2O7/c1-20-27(32-30(39-20)22-13-10-16-26(36)29(22)38)24(34)14-7-5-3-2-4-6-8-18-31-19-11-17-23(33)21-12-9-15-25(35)28(21)37/h9-10,12-13,15-16,20,27,31,35-38H,2-8,11,14,17-19H2,1H3/t20?,27-/m0/s1. The van der Waals surface area contributed by atoms with Gasteiger partial charge in [0.2, 0.25) is 5.90 Å². The number of carbonyl (C=O) groups is 2. The maximum atomic E-state index is 12.7. The Balaban J connectivity index is 1.19. The molecule has 0 radical (unpaired) electrons. The first-order valence-corrected chi connectivity index (χ1v) is 13.8. The fourth-order valence-corrected chi connectivity index (χ4v) is 4.64. The number of hydrogen-bond acceptors (Lipinski definition) is 9.